The SMILES string of the molecule is C=C(CCc1ccccc1)CC(C)CN. The van der Waals surface area contributed by atoms with Crippen molar-refractivity contribution in [2.75, 3.05) is 6.54 Å². The van der Waals surface area contributed by atoms with Gasteiger partial charge in [0, 0.05) is 0 Å². The normalized spacial score (nSPS) is 12.4. The van der Waals surface area contributed by atoms with E-state index in [-0.39, 0.29) is 0 Å². The van der Waals surface area contributed by atoms with Crippen molar-refractivity contribution in [3.63, 3.8) is 0 Å². The first kappa shape index (κ1) is 12.0. The summed E-state index contributed by atoms with van der Waals surface area (Å²) < 4.78 is 0. The zero-order valence-electron chi connectivity index (χ0n) is 9.58. The molecule has 1 rings (SSSR count). The quantitative estimate of drug-likeness (QED) is 0.706. The van der Waals surface area contributed by atoms with Crippen LogP contribution in [0.3, 0.4) is 0 Å². The highest BCUT2D eigenvalue weighted by Gasteiger charge is 2.02. The second kappa shape index (κ2) is 6.41. The minimum absolute atomic E-state index is 0.563. The molecule has 15 heavy (non-hydrogen) atoms. The summed E-state index contributed by atoms with van der Waals surface area (Å²) in [6.45, 7) is 7.03. The van der Waals surface area contributed by atoms with Crippen LogP contribution in [0.1, 0.15) is 25.3 Å². The molecule has 1 aromatic rings. The number of allylic oxidation sites excluding steroid dienone is 1. The van der Waals surface area contributed by atoms with Crippen molar-refractivity contribution in [1.29, 1.82) is 0 Å². The molecule has 1 unspecified atom stereocenters. The predicted molar refractivity (Wildman–Crippen MR) is 66.7 cm³/mol. The lowest BCUT2D eigenvalue weighted by Gasteiger charge is -2.10. The van der Waals surface area contributed by atoms with E-state index in [0.717, 1.165) is 25.8 Å². The van der Waals surface area contributed by atoms with Gasteiger partial charge in [-0.3, -0.25) is 0 Å². The first-order valence-electron chi connectivity index (χ1n) is 5.63. The van der Waals surface area contributed by atoms with Crippen LogP contribution < -0.4 is 5.73 Å². The van der Waals surface area contributed by atoms with Gasteiger partial charge in [-0.1, -0.05) is 49.4 Å². The molecular formula is C14H21N. The average Bonchev–Trinajstić information content (AvgIpc) is 2.27. The summed E-state index contributed by atoms with van der Waals surface area (Å²) in [6.07, 6.45) is 3.23. The zero-order chi connectivity index (χ0) is 11.1. The lowest BCUT2D eigenvalue weighted by atomic mass is 9.97. The van der Waals surface area contributed by atoms with Gasteiger partial charge in [-0.2, -0.15) is 0 Å². The highest BCUT2D eigenvalue weighted by atomic mass is 14.5. The Labute approximate surface area is 93.0 Å². The molecule has 1 nitrogen and oxygen atoms in total. The smallest absolute Gasteiger partial charge is 0.00484 e. The summed E-state index contributed by atoms with van der Waals surface area (Å²) in [5, 5.41) is 0. The van der Waals surface area contributed by atoms with Crippen molar-refractivity contribution in [1.82, 2.24) is 0 Å². The van der Waals surface area contributed by atoms with E-state index < -0.39 is 0 Å². The van der Waals surface area contributed by atoms with Crippen molar-refractivity contribution in [3.8, 4) is 0 Å². The Bertz CT molecular complexity index is 289. The van der Waals surface area contributed by atoms with E-state index in [1.54, 1.807) is 0 Å². The summed E-state index contributed by atoms with van der Waals surface area (Å²) in [6, 6.07) is 10.6. The fraction of sp³-hybridized carbons (Fsp3) is 0.429. The van der Waals surface area contributed by atoms with Gasteiger partial charge in [-0.05, 0) is 37.3 Å². The van der Waals surface area contributed by atoms with Crippen LogP contribution in [0.25, 0.3) is 0 Å². The standard InChI is InChI=1S/C14H21N/c1-12(10-13(2)11-15)8-9-14-6-4-3-5-7-14/h3-7,13H,1,8-11,15H2,2H3. The van der Waals surface area contributed by atoms with E-state index in [1.807, 2.05) is 0 Å². The van der Waals surface area contributed by atoms with Gasteiger partial charge in [-0.15, -0.1) is 0 Å². The van der Waals surface area contributed by atoms with E-state index in [2.05, 4.69) is 43.8 Å². The Balaban J connectivity index is 2.29. The van der Waals surface area contributed by atoms with E-state index in [9.17, 15) is 0 Å². The Kier molecular flexibility index (Phi) is 5.13. The summed E-state index contributed by atoms with van der Waals surface area (Å²) in [7, 11) is 0. The third-order valence-corrected chi connectivity index (χ3v) is 2.65. The number of benzene rings is 1. The predicted octanol–water partition coefficient (Wildman–Crippen LogP) is 3.16. The maximum absolute atomic E-state index is 5.59. The molecular weight excluding hydrogens is 182 g/mol. The number of hydrogen-bond donors (Lipinski definition) is 1. The largest absolute Gasteiger partial charge is 0.330 e. The van der Waals surface area contributed by atoms with Crippen molar-refractivity contribution >= 4 is 0 Å². The van der Waals surface area contributed by atoms with Crippen LogP contribution in [0, 0.1) is 5.92 Å². The van der Waals surface area contributed by atoms with Gasteiger partial charge in [0.1, 0.15) is 0 Å². The van der Waals surface area contributed by atoms with Crippen molar-refractivity contribution in [2.24, 2.45) is 11.7 Å². The maximum atomic E-state index is 5.59. The molecule has 0 aliphatic carbocycles. The molecule has 0 saturated heterocycles. The molecule has 2 N–H and O–H groups in total. The van der Waals surface area contributed by atoms with Gasteiger partial charge < -0.3 is 5.73 Å². The maximum Gasteiger partial charge on any atom is -0.00484 e. The molecule has 0 radical (unpaired) electrons. The Morgan fingerprint density at radius 2 is 2.00 bits per heavy atom. The summed E-state index contributed by atoms with van der Waals surface area (Å²) in [5.74, 6) is 0.563. The van der Waals surface area contributed by atoms with Crippen LogP contribution in [0.15, 0.2) is 42.5 Å². The van der Waals surface area contributed by atoms with Gasteiger partial charge >= 0.3 is 0 Å². The Morgan fingerprint density at radius 3 is 2.60 bits per heavy atom. The topological polar surface area (TPSA) is 26.0 Å². The molecule has 1 heteroatoms. The van der Waals surface area contributed by atoms with Gasteiger partial charge in [0.15, 0.2) is 0 Å². The third kappa shape index (κ3) is 4.80. The molecule has 0 spiro atoms. The number of rotatable bonds is 6. The molecule has 0 fully saturated rings. The third-order valence-electron chi connectivity index (χ3n) is 2.65. The van der Waals surface area contributed by atoms with E-state index >= 15 is 0 Å². The summed E-state index contributed by atoms with van der Waals surface area (Å²) >= 11 is 0. The van der Waals surface area contributed by atoms with Gasteiger partial charge in [0.2, 0.25) is 0 Å². The summed E-state index contributed by atoms with van der Waals surface area (Å²) in [4.78, 5) is 0. The van der Waals surface area contributed by atoms with Crippen LogP contribution in [-0.4, -0.2) is 6.54 Å². The molecule has 0 heterocycles. The summed E-state index contributed by atoms with van der Waals surface area (Å²) in [5.41, 5.74) is 8.29. The Hall–Kier alpha value is -1.08. The van der Waals surface area contributed by atoms with E-state index in [0.29, 0.717) is 5.92 Å². The highest BCUT2D eigenvalue weighted by molar-refractivity contribution is 5.16. The lowest BCUT2D eigenvalue weighted by molar-refractivity contribution is 0.578. The fourth-order valence-corrected chi connectivity index (χ4v) is 1.64. The molecule has 0 saturated carbocycles. The fourth-order valence-electron chi connectivity index (χ4n) is 1.64. The number of nitrogens with two attached hydrogens (primary N) is 1. The average molecular weight is 203 g/mol. The van der Waals surface area contributed by atoms with Gasteiger partial charge in [0.25, 0.3) is 0 Å². The first-order valence-corrected chi connectivity index (χ1v) is 5.63. The second-order valence-electron chi connectivity index (χ2n) is 4.28. The van der Waals surface area contributed by atoms with Crippen LogP contribution >= 0.6 is 0 Å². The second-order valence-corrected chi connectivity index (χ2v) is 4.28. The minimum Gasteiger partial charge on any atom is -0.330 e. The van der Waals surface area contributed by atoms with Crippen LogP contribution in [-0.2, 0) is 6.42 Å². The van der Waals surface area contributed by atoms with Crippen molar-refractivity contribution < 1.29 is 0 Å². The van der Waals surface area contributed by atoms with Gasteiger partial charge in [-0.25, -0.2) is 0 Å². The molecule has 82 valence electrons. The molecule has 0 aromatic heterocycles. The lowest BCUT2D eigenvalue weighted by Crippen LogP contribution is -2.11. The molecule has 0 bridgehead atoms. The zero-order valence-corrected chi connectivity index (χ0v) is 9.58. The minimum atomic E-state index is 0.563. The van der Waals surface area contributed by atoms with Gasteiger partial charge in [0.05, 0.1) is 0 Å². The van der Waals surface area contributed by atoms with Crippen molar-refractivity contribution in [2.45, 2.75) is 26.2 Å². The van der Waals surface area contributed by atoms with Crippen molar-refractivity contribution in [3.05, 3.63) is 48.0 Å². The molecule has 1 aromatic carbocycles. The molecule has 1 atom stereocenters. The first-order chi connectivity index (χ1) is 7.22. The molecule has 0 aliphatic rings. The highest BCUT2D eigenvalue weighted by Crippen LogP contribution is 2.14. The number of aryl methyl sites for hydroxylation is 1. The number of hydrogen-bond acceptors (Lipinski definition) is 1. The van der Waals surface area contributed by atoms with E-state index in [4.69, 9.17) is 5.73 Å². The molecule has 0 amide bonds. The van der Waals surface area contributed by atoms with E-state index in [1.165, 1.54) is 11.1 Å². The monoisotopic (exact) mass is 203 g/mol. The van der Waals surface area contributed by atoms with Crippen LogP contribution in [0.4, 0.5) is 0 Å². The van der Waals surface area contributed by atoms with Crippen LogP contribution in [0.2, 0.25) is 0 Å². The molecule has 0 aliphatic heterocycles. The Morgan fingerprint density at radius 1 is 1.33 bits per heavy atom. The van der Waals surface area contributed by atoms with Crippen LogP contribution in [0.5, 0.6) is 0 Å².